The number of amides is 1. The number of ketones is 2. The molecule has 0 radical (unpaired) electrons. The number of primary amides is 1. The highest BCUT2D eigenvalue weighted by Gasteiger charge is 2.54. The molecule has 1 amide bonds. The number of phenolic OH excluding ortho intramolecular Hbond substituents is 1. The smallest absolute Gasteiger partial charge is 0.255 e. The Balaban J connectivity index is 1.42. The summed E-state index contributed by atoms with van der Waals surface area (Å²) in [5, 5.41) is 33.3. The molecule has 0 saturated carbocycles. The fourth-order valence-corrected chi connectivity index (χ4v) is 7.48. The molecule has 6 rings (SSSR count). The Morgan fingerprint density at radius 3 is 2.50 bits per heavy atom. The van der Waals surface area contributed by atoms with Crippen molar-refractivity contribution in [1.82, 2.24) is 9.80 Å². The Morgan fingerprint density at radius 1 is 1.12 bits per heavy atom. The fraction of sp³-hybridized carbons (Fsp3) is 0.452. The number of hydrogen-bond acceptors (Lipinski definition) is 9. The minimum absolute atomic E-state index is 0.0287. The minimum atomic E-state index is -1.23. The van der Waals surface area contributed by atoms with Gasteiger partial charge in [0.25, 0.3) is 5.91 Å². The number of nitrogens with zero attached hydrogens (tertiary/aromatic N) is 2. The molecule has 0 spiro atoms. The lowest BCUT2D eigenvalue weighted by Gasteiger charge is -2.46. The van der Waals surface area contributed by atoms with E-state index in [0.29, 0.717) is 49.4 Å². The van der Waals surface area contributed by atoms with Gasteiger partial charge in [0.15, 0.2) is 11.6 Å². The van der Waals surface area contributed by atoms with Gasteiger partial charge in [-0.15, -0.1) is 0 Å². The molecule has 1 fully saturated rings. The normalized spacial score (nSPS) is 26.9. The molecular formula is C31H34FN3O7. The predicted molar refractivity (Wildman–Crippen MR) is 149 cm³/mol. The maximum atomic E-state index is 14.0. The number of benzene rings is 1. The Kier molecular flexibility index (Phi) is 6.97. The zero-order valence-corrected chi connectivity index (χ0v) is 23.5. The average molecular weight is 580 g/mol. The van der Waals surface area contributed by atoms with E-state index in [9.17, 15) is 34.1 Å². The summed E-state index contributed by atoms with van der Waals surface area (Å²) in [4.78, 5) is 43.3. The largest absolute Gasteiger partial charge is 0.511 e. The van der Waals surface area contributed by atoms with Crippen molar-refractivity contribution in [1.29, 1.82) is 0 Å². The van der Waals surface area contributed by atoms with E-state index in [1.54, 1.807) is 31.3 Å². The van der Waals surface area contributed by atoms with E-state index in [1.165, 1.54) is 6.07 Å². The van der Waals surface area contributed by atoms with Crippen LogP contribution in [0.5, 0.6) is 5.75 Å². The number of carbonyl (C=O) groups is 3. The molecule has 0 bridgehead atoms. The molecule has 5 N–H and O–H groups in total. The molecule has 222 valence electrons. The molecular weight excluding hydrogens is 545 g/mol. The molecule has 11 heteroatoms. The number of likely N-dealkylation sites (N-methyl/N-ethyl adjacent to an activating group) is 1. The van der Waals surface area contributed by atoms with Gasteiger partial charge in [0.1, 0.15) is 34.8 Å². The quantitative estimate of drug-likeness (QED) is 0.391. The van der Waals surface area contributed by atoms with Crippen LogP contribution in [-0.2, 0) is 22.6 Å². The van der Waals surface area contributed by atoms with Crippen LogP contribution in [0.4, 0.5) is 4.39 Å². The van der Waals surface area contributed by atoms with Crippen molar-refractivity contribution in [3.63, 3.8) is 0 Å². The summed E-state index contributed by atoms with van der Waals surface area (Å²) in [5.41, 5.74) is 7.01. The highest BCUT2D eigenvalue weighted by atomic mass is 19.1. The number of allylic oxidation sites excluding steroid dienone is 2. The summed E-state index contributed by atoms with van der Waals surface area (Å²) < 4.78 is 19.6. The number of likely N-dealkylation sites (tertiary alicyclic amines) is 1. The third-order valence-corrected chi connectivity index (χ3v) is 9.35. The van der Waals surface area contributed by atoms with Crippen molar-refractivity contribution in [3.05, 3.63) is 63.8 Å². The van der Waals surface area contributed by atoms with Crippen molar-refractivity contribution >= 4 is 17.5 Å². The van der Waals surface area contributed by atoms with Crippen molar-refractivity contribution < 1.29 is 38.5 Å². The number of Topliss-reactive ketones (excluding diaryl/α,β-unsaturated/α-hetero) is 2. The minimum Gasteiger partial charge on any atom is -0.511 e. The lowest BCUT2D eigenvalue weighted by atomic mass is 9.60. The van der Waals surface area contributed by atoms with E-state index >= 15 is 0 Å². The molecule has 10 nitrogen and oxygen atoms in total. The second-order valence-corrected chi connectivity index (χ2v) is 12.0. The number of phenols is 1. The molecule has 4 aliphatic rings. The number of piperidine rings is 1. The van der Waals surface area contributed by atoms with Crippen molar-refractivity contribution in [2.45, 2.75) is 44.4 Å². The number of fused-ring (bicyclic) bond motifs is 3. The number of hydrogen-bond donors (Lipinski definition) is 4. The first-order valence-electron chi connectivity index (χ1n) is 14.2. The molecule has 2 aromatic rings. The predicted octanol–water partition coefficient (Wildman–Crippen LogP) is 3.20. The van der Waals surface area contributed by atoms with Gasteiger partial charge in [-0.05, 0) is 75.4 Å². The number of aliphatic hydroxyl groups is 2. The number of furan rings is 1. The molecule has 1 aromatic carbocycles. The van der Waals surface area contributed by atoms with Crippen LogP contribution in [0, 0.1) is 17.8 Å². The first-order valence-corrected chi connectivity index (χ1v) is 14.2. The molecule has 4 atom stereocenters. The fourth-order valence-electron chi connectivity index (χ4n) is 7.48. The maximum absolute atomic E-state index is 14.0. The second kappa shape index (κ2) is 10.4. The molecule has 2 heterocycles. The number of aromatic hydroxyl groups is 1. The molecule has 3 unspecified atom stereocenters. The number of carbonyl (C=O) groups excluding carboxylic acids is 3. The monoisotopic (exact) mass is 579 g/mol. The van der Waals surface area contributed by atoms with Gasteiger partial charge in [-0.1, -0.05) is 0 Å². The van der Waals surface area contributed by atoms with Crippen LogP contribution in [0.1, 0.15) is 40.7 Å². The van der Waals surface area contributed by atoms with Crippen LogP contribution in [0.25, 0.3) is 11.3 Å². The van der Waals surface area contributed by atoms with Gasteiger partial charge in [0.2, 0.25) is 0 Å². The Hall–Kier alpha value is -3.96. The van der Waals surface area contributed by atoms with E-state index in [2.05, 4.69) is 4.90 Å². The summed E-state index contributed by atoms with van der Waals surface area (Å²) in [5.74, 6) is -5.49. The molecule has 3 aliphatic carbocycles. The van der Waals surface area contributed by atoms with E-state index in [4.69, 9.17) is 10.2 Å². The molecule has 1 aromatic heterocycles. The van der Waals surface area contributed by atoms with Crippen LogP contribution in [-0.4, -0.2) is 82.0 Å². The van der Waals surface area contributed by atoms with Crippen LogP contribution in [0.3, 0.4) is 0 Å². The highest BCUT2D eigenvalue weighted by molar-refractivity contribution is 6.22. The van der Waals surface area contributed by atoms with E-state index < -0.39 is 64.5 Å². The number of halogens is 1. The van der Waals surface area contributed by atoms with Crippen molar-refractivity contribution in [2.24, 2.45) is 23.5 Å². The Morgan fingerprint density at radius 2 is 1.83 bits per heavy atom. The van der Waals surface area contributed by atoms with E-state index in [-0.39, 0.29) is 29.7 Å². The Labute approximate surface area is 241 Å². The molecule has 42 heavy (non-hydrogen) atoms. The SMILES string of the molecule is CN(C)[C@@H]1C(O)=C(C(N)=O)C(=O)C2C(O)=C3C(=O)c4c(O)ccc(-c5occc5CN5CCC(F)CC5)c4CC3CC21. The van der Waals surface area contributed by atoms with Crippen LogP contribution in [0.15, 0.2) is 51.5 Å². The van der Waals surface area contributed by atoms with E-state index in [0.717, 1.165) is 5.56 Å². The van der Waals surface area contributed by atoms with Crippen LogP contribution >= 0.6 is 0 Å². The highest BCUT2D eigenvalue weighted by Crippen LogP contribution is 2.51. The number of aliphatic hydroxyl groups excluding tert-OH is 2. The van der Waals surface area contributed by atoms with Crippen molar-refractivity contribution in [3.8, 4) is 17.1 Å². The number of nitrogens with two attached hydrogens (primary N) is 1. The molecule has 1 saturated heterocycles. The standard InChI is InChI=1S/C31H34FN3O7/c1-34(2)25-19-12-15-11-18-17(30-14(7-10-42-30)13-35-8-5-16(32)6-9-35)3-4-20(36)22(18)26(37)21(15)27(38)23(19)28(39)24(29(25)40)31(33)41/h3-4,7,10,15-16,19,23,25,36,38,40H,5-6,8-9,11-13H2,1-2H3,(H2,33,41)/t15?,19?,23?,25-/m0/s1. The summed E-state index contributed by atoms with van der Waals surface area (Å²) in [7, 11) is 3.38. The number of alkyl halides is 1. The summed E-state index contributed by atoms with van der Waals surface area (Å²) in [6, 6.07) is 4.18. The van der Waals surface area contributed by atoms with Gasteiger partial charge in [-0.2, -0.15) is 0 Å². The first-order chi connectivity index (χ1) is 20.0. The van der Waals surface area contributed by atoms with Gasteiger partial charge in [-0.25, -0.2) is 4.39 Å². The Bertz CT molecular complexity index is 1550. The zero-order chi connectivity index (χ0) is 30.0. The maximum Gasteiger partial charge on any atom is 0.255 e. The van der Waals surface area contributed by atoms with Crippen LogP contribution < -0.4 is 5.73 Å². The third-order valence-electron chi connectivity index (χ3n) is 9.35. The molecule has 1 aliphatic heterocycles. The van der Waals surface area contributed by atoms with Crippen LogP contribution in [0.2, 0.25) is 0 Å². The second-order valence-electron chi connectivity index (χ2n) is 12.0. The van der Waals surface area contributed by atoms with Gasteiger partial charge in [-0.3, -0.25) is 24.2 Å². The first kappa shape index (κ1) is 28.2. The van der Waals surface area contributed by atoms with E-state index in [1.807, 2.05) is 6.07 Å². The topological polar surface area (TPSA) is 158 Å². The van der Waals surface area contributed by atoms with Gasteiger partial charge < -0.3 is 25.5 Å². The summed E-state index contributed by atoms with van der Waals surface area (Å²) in [6.45, 7) is 1.79. The van der Waals surface area contributed by atoms with Gasteiger partial charge >= 0.3 is 0 Å². The zero-order valence-electron chi connectivity index (χ0n) is 23.5. The third kappa shape index (κ3) is 4.33. The van der Waals surface area contributed by atoms with Gasteiger partial charge in [0, 0.05) is 36.3 Å². The average Bonchev–Trinajstić information content (AvgIpc) is 3.37. The number of rotatable bonds is 5. The lowest BCUT2D eigenvalue weighted by Crippen LogP contribution is -2.53. The van der Waals surface area contributed by atoms with Gasteiger partial charge in [0.05, 0.1) is 23.8 Å². The van der Waals surface area contributed by atoms with Crippen molar-refractivity contribution in [2.75, 3.05) is 27.2 Å². The summed E-state index contributed by atoms with van der Waals surface area (Å²) in [6.07, 6.45) is 2.25. The summed E-state index contributed by atoms with van der Waals surface area (Å²) >= 11 is 0. The lowest BCUT2D eigenvalue weighted by molar-refractivity contribution is -0.127.